The van der Waals surface area contributed by atoms with E-state index in [0.29, 0.717) is 5.02 Å². The molecule has 0 bridgehead atoms. The molecule has 1 atom stereocenters. The molecule has 2 aromatic rings. The molecule has 0 spiro atoms. The summed E-state index contributed by atoms with van der Waals surface area (Å²) in [6, 6.07) is 7.11. The summed E-state index contributed by atoms with van der Waals surface area (Å²) in [6.07, 6.45) is 0.261. The van der Waals surface area contributed by atoms with Crippen LogP contribution in [-0.4, -0.2) is 46.7 Å². The number of rotatable bonds is 4. The third kappa shape index (κ3) is 3.65. The highest BCUT2D eigenvalue weighted by Crippen LogP contribution is 2.23. The van der Waals surface area contributed by atoms with Crippen molar-refractivity contribution in [3.8, 4) is 0 Å². The summed E-state index contributed by atoms with van der Waals surface area (Å²) in [4.78, 5) is 53.2. The Morgan fingerprint density at radius 1 is 1.15 bits per heavy atom. The van der Waals surface area contributed by atoms with Gasteiger partial charge in [0.25, 0.3) is 17.7 Å². The number of fused-ring (bicyclic) bond motifs is 1. The minimum atomic E-state index is -1.11. The number of ether oxygens (including phenoxy) is 1. The minimum Gasteiger partial charge on any atom is -0.449 e. The van der Waals surface area contributed by atoms with E-state index in [9.17, 15) is 19.2 Å². The molecule has 138 valence electrons. The van der Waals surface area contributed by atoms with Crippen molar-refractivity contribution in [2.75, 3.05) is 12.4 Å². The first-order chi connectivity index (χ1) is 12.8. The molecule has 0 saturated carbocycles. The SMILES string of the molecule is C[C@H](OC(=O)c1ccc2c(c1)C(=O)N(C)C2=O)C(=O)Nc1ccc(Cl)cn1. The van der Waals surface area contributed by atoms with Gasteiger partial charge in [0, 0.05) is 13.2 Å². The van der Waals surface area contributed by atoms with Crippen LogP contribution in [0.4, 0.5) is 5.82 Å². The van der Waals surface area contributed by atoms with Crippen molar-refractivity contribution < 1.29 is 23.9 Å². The normalized spacial score (nSPS) is 14.0. The number of benzene rings is 1. The zero-order valence-electron chi connectivity index (χ0n) is 14.4. The number of aromatic nitrogens is 1. The zero-order chi connectivity index (χ0) is 19.7. The van der Waals surface area contributed by atoms with Crippen molar-refractivity contribution in [1.82, 2.24) is 9.88 Å². The molecule has 3 amide bonds. The maximum absolute atomic E-state index is 12.3. The van der Waals surface area contributed by atoms with Crippen LogP contribution in [0.3, 0.4) is 0 Å². The Kier molecular flexibility index (Phi) is 4.91. The molecule has 0 aliphatic carbocycles. The Labute approximate surface area is 159 Å². The fourth-order valence-electron chi connectivity index (χ4n) is 2.45. The summed E-state index contributed by atoms with van der Waals surface area (Å²) < 4.78 is 5.13. The van der Waals surface area contributed by atoms with Gasteiger partial charge < -0.3 is 10.1 Å². The molecular formula is C18H14ClN3O5. The van der Waals surface area contributed by atoms with Crippen LogP contribution in [0.5, 0.6) is 0 Å². The number of esters is 1. The standard InChI is InChI=1S/C18H14ClN3O5/c1-9(15(23)21-14-6-4-11(19)8-20-14)27-18(26)10-3-5-12-13(7-10)17(25)22(2)16(12)24/h3-9H,1-2H3,(H,20,21,23)/t9-/m0/s1. The summed E-state index contributed by atoms with van der Waals surface area (Å²) in [5.41, 5.74) is 0.410. The summed E-state index contributed by atoms with van der Waals surface area (Å²) >= 11 is 5.72. The Balaban J connectivity index is 1.68. The van der Waals surface area contributed by atoms with E-state index >= 15 is 0 Å². The van der Waals surface area contributed by atoms with Crippen LogP contribution in [0.25, 0.3) is 0 Å². The largest absolute Gasteiger partial charge is 0.449 e. The number of anilines is 1. The zero-order valence-corrected chi connectivity index (χ0v) is 15.1. The quantitative estimate of drug-likeness (QED) is 0.636. The number of hydrogen-bond donors (Lipinski definition) is 1. The number of carbonyl (C=O) groups is 4. The molecule has 0 fully saturated rings. The van der Waals surface area contributed by atoms with Crippen molar-refractivity contribution >= 4 is 41.1 Å². The van der Waals surface area contributed by atoms with E-state index in [1.54, 1.807) is 6.07 Å². The number of amides is 3. The molecule has 1 aromatic heterocycles. The number of carbonyl (C=O) groups excluding carboxylic acids is 4. The van der Waals surface area contributed by atoms with Gasteiger partial charge in [-0.25, -0.2) is 9.78 Å². The molecular weight excluding hydrogens is 374 g/mol. The van der Waals surface area contributed by atoms with Gasteiger partial charge in [-0.05, 0) is 37.3 Å². The smallest absolute Gasteiger partial charge is 0.338 e. The van der Waals surface area contributed by atoms with Gasteiger partial charge in [0.05, 0.1) is 21.7 Å². The lowest BCUT2D eigenvalue weighted by molar-refractivity contribution is -0.123. The fourth-order valence-corrected chi connectivity index (χ4v) is 2.56. The summed E-state index contributed by atoms with van der Waals surface area (Å²) in [6.45, 7) is 1.40. The first-order valence-electron chi connectivity index (χ1n) is 7.87. The average molecular weight is 388 g/mol. The first-order valence-corrected chi connectivity index (χ1v) is 8.25. The molecule has 3 rings (SSSR count). The van der Waals surface area contributed by atoms with E-state index in [4.69, 9.17) is 16.3 Å². The van der Waals surface area contributed by atoms with E-state index < -0.39 is 29.8 Å². The molecule has 9 heteroatoms. The topological polar surface area (TPSA) is 106 Å². The maximum atomic E-state index is 12.3. The van der Waals surface area contributed by atoms with Crippen LogP contribution in [0, 0.1) is 0 Å². The van der Waals surface area contributed by atoms with Crippen molar-refractivity contribution in [2.45, 2.75) is 13.0 Å². The Morgan fingerprint density at radius 3 is 2.52 bits per heavy atom. The molecule has 2 heterocycles. The van der Waals surface area contributed by atoms with Crippen LogP contribution >= 0.6 is 11.6 Å². The second kappa shape index (κ2) is 7.16. The number of hydrogen-bond acceptors (Lipinski definition) is 6. The third-order valence-corrected chi connectivity index (χ3v) is 4.18. The molecule has 27 heavy (non-hydrogen) atoms. The van der Waals surface area contributed by atoms with E-state index in [-0.39, 0.29) is 22.5 Å². The lowest BCUT2D eigenvalue weighted by atomic mass is 10.1. The molecule has 1 aliphatic heterocycles. The van der Waals surface area contributed by atoms with Gasteiger partial charge in [0.15, 0.2) is 6.10 Å². The number of nitrogens with zero attached hydrogens (tertiary/aromatic N) is 2. The van der Waals surface area contributed by atoms with Gasteiger partial charge in [-0.2, -0.15) is 0 Å². The second-order valence-corrected chi connectivity index (χ2v) is 6.26. The highest BCUT2D eigenvalue weighted by molar-refractivity contribution is 6.30. The van der Waals surface area contributed by atoms with Crippen LogP contribution in [0.2, 0.25) is 5.02 Å². The van der Waals surface area contributed by atoms with Crippen LogP contribution in [0.15, 0.2) is 36.5 Å². The summed E-state index contributed by atoms with van der Waals surface area (Å²) in [7, 11) is 1.36. The van der Waals surface area contributed by atoms with Gasteiger partial charge in [-0.3, -0.25) is 19.3 Å². The van der Waals surface area contributed by atoms with Gasteiger partial charge >= 0.3 is 5.97 Å². The van der Waals surface area contributed by atoms with Gasteiger partial charge in [0.1, 0.15) is 5.82 Å². The Bertz CT molecular complexity index is 958. The summed E-state index contributed by atoms with van der Waals surface area (Å²) in [5.74, 6) is -2.04. The highest BCUT2D eigenvalue weighted by atomic mass is 35.5. The lowest BCUT2D eigenvalue weighted by Gasteiger charge is -2.13. The maximum Gasteiger partial charge on any atom is 0.338 e. The third-order valence-electron chi connectivity index (χ3n) is 3.96. The number of nitrogens with one attached hydrogen (secondary N) is 1. The molecule has 0 unspecified atom stereocenters. The van der Waals surface area contributed by atoms with Crippen molar-refractivity contribution in [2.24, 2.45) is 0 Å². The van der Waals surface area contributed by atoms with Crippen molar-refractivity contribution in [3.63, 3.8) is 0 Å². The predicted molar refractivity (Wildman–Crippen MR) is 95.6 cm³/mol. The molecule has 1 aliphatic rings. The average Bonchev–Trinajstić information content (AvgIpc) is 2.87. The molecule has 1 N–H and O–H groups in total. The van der Waals surface area contributed by atoms with E-state index in [2.05, 4.69) is 10.3 Å². The lowest BCUT2D eigenvalue weighted by Crippen LogP contribution is -2.30. The number of pyridine rings is 1. The predicted octanol–water partition coefficient (Wildman–Crippen LogP) is 2.14. The van der Waals surface area contributed by atoms with Crippen molar-refractivity contribution in [1.29, 1.82) is 0 Å². The number of imide groups is 1. The Hall–Kier alpha value is -3.26. The molecule has 0 radical (unpaired) electrons. The fraction of sp³-hybridized carbons (Fsp3) is 0.167. The minimum absolute atomic E-state index is 0.0643. The molecule has 0 saturated heterocycles. The van der Waals surface area contributed by atoms with E-state index in [1.807, 2.05) is 0 Å². The van der Waals surface area contributed by atoms with Gasteiger partial charge in [-0.15, -0.1) is 0 Å². The van der Waals surface area contributed by atoms with Gasteiger partial charge in [-0.1, -0.05) is 11.6 Å². The van der Waals surface area contributed by atoms with E-state index in [0.717, 1.165) is 4.90 Å². The van der Waals surface area contributed by atoms with Crippen LogP contribution in [-0.2, 0) is 9.53 Å². The monoisotopic (exact) mass is 387 g/mol. The molecule has 8 nitrogen and oxygen atoms in total. The molecule has 1 aromatic carbocycles. The second-order valence-electron chi connectivity index (χ2n) is 5.83. The first kappa shape index (κ1) is 18.5. The highest BCUT2D eigenvalue weighted by Gasteiger charge is 2.33. The number of halogens is 1. The summed E-state index contributed by atoms with van der Waals surface area (Å²) in [5, 5.41) is 2.91. The van der Waals surface area contributed by atoms with Crippen molar-refractivity contribution in [3.05, 3.63) is 58.2 Å². The Morgan fingerprint density at radius 2 is 1.85 bits per heavy atom. The van der Waals surface area contributed by atoms with Gasteiger partial charge in [0.2, 0.25) is 0 Å². The van der Waals surface area contributed by atoms with Crippen LogP contribution in [0.1, 0.15) is 38.0 Å². The van der Waals surface area contributed by atoms with E-state index in [1.165, 1.54) is 44.4 Å². The van der Waals surface area contributed by atoms with Crippen LogP contribution < -0.4 is 5.32 Å².